The molecule has 0 saturated carbocycles. The van der Waals surface area contributed by atoms with Crippen molar-refractivity contribution < 1.29 is 16.8 Å². The summed E-state index contributed by atoms with van der Waals surface area (Å²) in [7, 11) is 0. The maximum absolute atomic E-state index is 6.25. The van der Waals surface area contributed by atoms with Gasteiger partial charge in [-0.25, -0.2) is 0 Å². The second-order valence-electron chi connectivity index (χ2n) is 0. The van der Waals surface area contributed by atoms with Crippen LogP contribution in [0.15, 0.2) is 0 Å². The summed E-state index contributed by atoms with van der Waals surface area (Å²) in [6.45, 7) is 28.5. The number of hydrogen-bond donors (Lipinski definition) is 1. The van der Waals surface area contributed by atoms with Crippen molar-refractivity contribution in [2.75, 3.05) is 0 Å². The first kappa shape index (κ1) is 106. The van der Waals surface area contributed by atoms with Gasteiger partial charge in [0.15, 0.2) is 0 Å². The van der Waals surface area contributed by atoms with Gasteiger partial charge in [-0.1, -0.05) is 0 Å². The maximum Gasteiger partial charge on any atom is 0 e. The van der Waals surface area contributed by atoms with Crippen LogP contribution in [0.5, 0.6) is 0 Å². The molecule has 0 aromatic rings. The number of hydrogen-bond acceptors (Lipinski definition) is 7. The Hall–Kier alpha value is -2.59. The van der Waals surface area contributed by atoms with E-state index in [4.69, 9.17) is 71.0 Å². The molecule has 0 spiro atoms. The second-order valence-corrected chi connectivity index (χ2v) is 0. The van der Waals surface area contributed by atoms with Gasteiger partial charge in [0, 0.05) is 16.8 Å². The fourth-order valence-corrected chi connectivity index (χ4v) is 0. The molecule has 14 heavy (non-hydrogen) atoms. The Morgan fingerprint density at radius 1 is 0.357 bits per heavy atom. The van der Waals surface area contributed by atoms with E-state index in [1.54, 1.807) is 0 Å². The van der Waals surface area contributed by atoms with Gasteiger partial charge in [0.2, 0.25) is 0 Å². The molecule has 0 amide bonds. The molecule has 0 saturated heterocycles. The normalized spacial score (nSPS) is 0.857. The van der Waals surface area contributed by atoms with Crippen LogP contribution in [-0.2, 0) is 16.8 Å². The minimum Gasteiger partial charge on any atom is -0.512 e. The molecule has 0 aliphatic carbocycles. The molecule has 0 heterocycles. The first-order chi connectivity index (χ1) is 6.00. The van der Waals surface area contributed by atoms with Crippen molar-refractivity contribution in [3.05, 3.63) is 39.4 Å². The van der Waals surface area contributed by atoms with Gasteiger partial charge in [-0.2, -0.15) is 0 Å². The van der Waals surface area contributed by atoms with E-state index in [-0.39, 0.29) is 22.9 Å². The average molecular weight is 232 g/mol. The molecule has 0 unspecified atom stereocenters. The Labute approximate surface area is 94.4 Å². The van der Waals surface area contributed by atoms with Crippen LogP contribution in [0.25, 0.3) is 0 Å². The Morgan fingerprint density at radius 3 is 0.357 bits per heavy atom. The van der Waals surface area contributed by atoms with Crippen LogP contribution in [-0.4, -0.2) is 0 Å². The van der Waals surface area contributed by atoms with Crippen LogP contribution in [0.4, 0.5) is 0 Å². The molecule has 77 valence electrons. The van der Waals surface area contributed by atoms with Gasteiger partial charge in [-0.3, -0.25) is 0 Å². The molecule has 0 aromatic heterocycles. The van der Waals surface area contributed by atoms with E-state index >= 15 is 0 Å². The first-order valence-electron chi connectivity index (χ1n) is 1.34. The van der Waals surface area contributed by atoms with Crippen LogP contribution >= 0.6 is 0 Å². The van der Waals surface area contributed by atoms with E-state index in [2.05, 4.69) is 0 Å². The molecule has 0 aromatic carbocycles. The molecule has 0 rings (SSSR count). The Morgan fingerprint density at radius 2 is 0.357 bits per heavy atom. The van der Waals surface area contributed by atoms with E-state index in [0.29, 0.717) is 0 Å². The van der Waals surface area contributed by atoms with Crippen LogP contribution in [0.3, 0.4) is 0 Å². The number of rotatable bonds is 0. The van der Waals surface area contributed by atoms with E-state index < -0.39 is 0 Å². The van der Waals surface area contributed by atoms with Crippen molar-refractivity contribution >= 4 is 0 Å². The van der Waals surface area contributed by atoms with Crippen molar-refractivity contribution in [3.8, 4) is 0 Å². The molecule has 0 aliphatic heterocycles. The van der Waals surface area contributed by atoms with Crippen molar-refractivity contribution in [3.63, 3.8) is 0 Å². The quantitative estimate of drug-likeness (QED) is 0.597. The predicted octanol–water partition coefficient (Wildman–Crippen LogP) is 0.738. The molecule has 0 aliphatic rings. The zero-order valence-corrected chi connectivity index (χ0v) is 7.76. The topological polar surface area (TPSA) is 178 Å². The van der Waals surface area contributed by atoms with Gasteiger partial charge in [-0.15, -0.1) is 0 Å². The van der Waals surface area contributed by atoms with Crippen molar-refractivity contribution in [1.29, 1.82) is 31.6 Å². The van der Waals surface area contributed by atoms with Crippen molar-refractivity contribution in [2.24, 2.45) is 0 Å². The maximum atomic E-state index is 6.25. The van der Waals surface area contributed by atoms with Gasteiger partial charge in [-0.05, 0) is 0 Å². The smallest absolute Gasteiger partial charge is 0 e. The first-order valence-corrected chi connectivity index (χ1v) is 1.34. The van der Waals surface area contributed by atoms with Gasteiger partial charge >= 0.3 is 0 Å². The summed E-state index contributed by atoms with van der Waals surface area (Å²) in [5.41, 5.74) is 0. The zero-order valence-electron chi connectivity index (χ0n) is 6.72. The molecule has 8 heteroatoms. The van der Waals surface area contributed by atoms with Crippen molar-refractivity contribution in [2.45, 2.75) is 0 Å². The number of nitrogens with zero attached hydrogens (tertiary/aromatic N) is 6. The third kappa shape index (κ3) is 98.8. The summed E-state index contributed by atoms with van der Waals surface area (Å²) in [6.07, 6.45) is 0. The Kier molecular flexibility index (Phi) is 1040. The molecule has 7 nitrogen and oxygen atoms in total. The average Bonchev–Trinajstić information content (AvgIpc) is 2.33. The second kappa shape index (κ2) is 137. The summed E-state index contributed by atoms with van der Waals surface area (Å²) in [6, 6.07) is 0. The van der Waals surface area contributed by atoms with Gasteiger partial charge in [0.25, 0.3) is 0 Å². The predicted molar refractivity (Wildman–Crippen MR) is 34.8 cm³/mol. The summed E-state index contributed by atoms with van der Waals surface area (Å²) in [5.74, 6) is 0. The Bertz CT molecular complexity index is 93.2. The minimum atomic E-state index is 0. The molecule has 1 radical (unpaired) electrons. The van der Waals surface area contributed by atoms with E-state index in [0.717, 1.165) is 0 Å². The fraction of sp³-hybridized carbons (Fsp3) is 0. The summed E-state index contributed by atoms with van der Waals surface area (Å²) >= 11 is 0. The van der Waals surface area contributed by atoms with E-state index in [1.807, 2.05) is 0 Å². The monoisotopic (exact) mass is 232 g/mol. The Balaban J connectivity index is -0.00000000500. The third-order valence-electron chi connectivity index (χ3n) is 0. The van der Waals surface area contributed by atoms with Gasteiger partial charge < -0.3 is 77.2 Å². The summed E-state index contributed by atoms with van der Waals surface area (Å²) in [5, 5.41) is 37.5. The molecular weight excluding hydrogens is 229 g/mol. The van der Waals surface area contributed by atoms with Crippen LogP contribution in [0.1, 0.15) is 0 Å². The van der Waals surface area contributed by atoms with Crippen LogP contribution in [0, 0.1) is 71.0 Å². The van der Waals surface area contributed by atoms with Crippen molar-refractivity contribution in [1.82, 2.24) is 6.15 Å². The molecule has 0 fully saturated rings. The molecule has 0 bridgehead atoms. The molecule has 0 atom stereocenters. The summed E-state index contributed by atoms with van der Waals surface area (Å²) in [4.78, 5) is 0. The SMILES string of the molecule is N.[C-]#N.[C-]#N.[C-]#N.[C-]#N.[C-]#N.[C-]#N.[Co]. The summed E-state index contributed by atoms with van der Waals surface area (Å²) < 4.78 is 0. The minimum absolute atomic E-state index is 0. The largest absolute Gasteiger partial charge is 0.512 e. The fourth-order valence-electron chi connectivity index (χ4n) is 0. The molecule has 3 N–H and O–H groups in total. The van der Waals surface area contributed by atoms with Gasteiger partial charge in [0.05, 0.1) is 0 Å². The standard InChI is InChI=1S/6CN.Co.H3N/c6*1-2;;/h;;;;;;;1H3/q6*-1;;. The van der Waals surface area contributed by atoms with Crippen LogP contribution in [0.2, 0.25) is 0 Å². The van der Waals surface area contributed by atoms with Crippen LogP contribution < -0.4 is 6.15 Å². The zero-order chi connectivity index (χ0) is 12.0. The van der Waals surface area contributed by atoms with Gasteiger partial charge in [0.1, 0.15) is 0 Å². The van der Waals surface area contributed by atoms with E-state index in [1.165, 1.54) is 0 Å². The van der Waals surface area contributed by atoms with E-state index in [9.17, 15) is 0 Å². The third-order valence-corrected chi connectivity index (χ3v) is 0. The molecular formula is C6H3CoN7-6.